The number of pyridine rings is 1. The Balaban J connectivity index is 1.66. The van der Waals surface area contributed by atoms with Crippen molar-refractivity contribution in [1.82, 2.24) is 9.61 Å². The highest BCUT2D eigenvalue weighted by atomic mass is 16.2. The summed E-state index contributed by atoms with van der Waals surface area (Å²) in [5.41, 5.74) is 2.61. The number of hydrogen-bond donors (Lipinski definition) is 1. The summed E-state index contributed by atoms with van der Waals surface area (Å²) in [6, 6.07) is 12.9. The predicted molar refractivity (Wildman–Crippen MR) is 91.2 cm³/mol. The van der Waals surface area contributed by atoms with E-state index in [1.165, 1.54) is 0 Å². The van der Waals surface area contributed by atoms with Crippen LogP contribution in [0, 0.1) is 0 Å². The van der Waals surface area contributed by atoms with Crippen molar-refractivity contribution in [2.75, 3.05) is 16.8 Å². The van der Waals surface area contributed by atoms with E-state index in [1.54, 1.807) is 21.8 Å². The lowest BCUT2D eigenvalue weighted by Crippen LogP contribution is -2.25. The molecule has 24 heavy (non-hydrogen) atoms. The van der Waals surface area contributed by atoms with Crippen LogP contribution in [0.25, 0.3) is 5.52 Å². The molecule has 1 saturated heterocycles. The van der Waals surface area contributed by atoms with Crippen molar-refractivity contribution in [2.24, 2.45) is 0 Å². The first-order chi connectivity index (χ1) is 11.7. The van der Waals surface area contributed by atoms with Crippen molar-refractivity contribution >= 4 is 28.7 Å². The minimum absolute atomic E-state index is 0.0904. The van der Waals surface area contributed by atoms with Gasteiger partial charge in [0.25, 0.3) is 5.91 Å². The third-order valence-electron chi connectivity index (χ3n) is 4.19. The van der Waals surface area contributed by atoms with Crippen molar-refractivity contribution < 1.29 is 9.59 Å². The van der Waals surface area contributed by atoms with Crippen molar-refractivity contribution in [3.8, 4) is 0 Å². The second-order valence-corrected chi connectivity index (χ2v) is 5.71. The fraction of sp³-hybridized carbons (Fsp3) is 0.167. The summed E-state index contributed by atoms with van der Waals surface area (Å²) in [6.07, 6.45) is 4.74. The Morgan fingerprint density at radius 2 is 1.96 bits per heavy atom. The fourth-order valence-electron chi connectivity index (χ4n) is 3.02. The molecule has 1 aromatic carbocycles. The third-order valence-corrected chi connectivity index (χ3v) is 4.19. The van der Waals surface area contributed by atoms with Crippen LogP contribution in [0.15, 0.2) is 54.9 Å². The minimum atomic E-state index is -0.240. The Hall–Kier alpha value is -3.15. The number of benzene rings is 1. The molecule has 1 aliphatic heterocycles. The van der Waals surface area contributed by atoms with Crippen molar-refractivity contribution in [3.05, 3.63) is 60.4 Å². The molecule has 6 heteroatoms. The van der Waals surface area contributed by atoms with Gasteiger partial charge >= 0.3 is 0 Å². The van der Waals surface area contributed by atoms with Crippen LogP contribution in [-0.4, -0.2) is 28.0 Å². The molecular weight excluding hydrogens is 304 g/mol. The number of para-hydroxylation sites is 2. The molecule has 3 heterocycles. The number of nitrogens with zero attached hydrogens (tertiary/aromatic N) is 3. The number of anilines is 2. The second kappa shape index (κ2) is 5.81. The molecule has 6 nitrogen and oxygen atoms in total. The van der Waals surface area contributed by atoms with E-state index < -0.39 is 0 Å². The summed E-state index contributed by atoms with van der Waals surface area (Å²) in [6.45, 7) is 0.683. The molecule has 1 aliphatic rings. The summed E-state index contributed by atoms with van der Waals surface area (Å²) < 4.78 is 1.66. The van der Waals surface area contributed by atoms with Gasteiger partial charge in [0.2, 0.25) is 5.91 Å². The molecule has 0 atom stereocenters. The molecule has 0 unspecified atom stereocenters. The standard InChI is InChI=1S/C18H16N4O2/c23-17-9-5-10-21(17)16-8-2-1-6-14(16)20-18(24)13-12-19-22-11-4-3-7-15(13)22/h1-4,6-8,11-12H,5,9-10H2,(H,20,24). The molecular formula is C18H16N4O2. The van der Waals surface area contributed by atoms with E-state index in [2.05, 4.69) is 10.4 Å². The second-order valence-electron chi connectivity index (χ2n) is 5.71. The van der Waals surface area contributed by atoms with Gasteiger partial charge in [0.1, 0.15) is 0 Å². The van der Waals surface area contributed by atoms with Crippen LogP contribution in [-0.2, 0) is 4.79 Å². The molecule has 0 bridgehead atoms. The van der Waals surface area contributed by atoms with E-state index in [0.29, 0.717) is 24.2 Å². The normalized spacial score (nSPS) is 14.3. The molecule has 1 N–H and O–H groups in total. The molecule has 1 fully saturated rings. The van der Waals surface area contributed by atoms with Crippen LogP contribution >= 0.6 is 0 Å². The number of carbonyl (C=O) groups is 2. The average Bonchev–Trinajstić information content (AvgIpc) is 3.21. The lowest BCUT2D eigenvalue weighted by atomic mass is 10.2. The number of aromatic nitrogens is 2. The maximum Gasteiger partial charge on any atom is 0.259 e. The Kier molecular flexibility index (Phi) is 3.49. The summed E-state index contributed by atoms with van der Waals surface area (Å²) >= 11 is 0. The van der Waals surface area contributed by atoms with Gasteiger partial charge in [-0.05, 0) is 30.7 Å². The van der Waals surface area contributed by atoms with E-state index >= 15 is 0 Å². The molecule has 4 rings (SSSR count). The highest BCUT2D eigenvalue weighted by Crippen LogP contribution is 2.29. The van der Waals surface area contributed by atoms with Crippen LogP contribution < -0.4 is 10.2 Å². The van der Waals surface area contributed by atoms with Crippen molar-refractivity contribution in [3.63, 3.8) is 0 Å². The van der Waals surface area contributed by atoms with E-state index in [1.807, 2.05) is 42.5 Å². The zero-order chi connectivity index (χ0) is 16.5. The van der Waals surface area contributed by atoms with Gasteiger partial charge in [-0.1, -0.05) is 18.2 Å². The fourth-order valence-corrected chi connectivity index (χ4v) is 3.02. The van der Waals surface area contributed by atoms with Gasteiger partial charge < -0.3 is 10.2 Å². The highest BCUT2D eigenvalue weighted by molar-refractivity contribution is 6.11. The summed E-state index contributed by atoms with van der Waals surface area (Å²) in [4.78, 5) is 26.4. The number of carbonyl (C=O) groups excluding carboxylic acids is 2. The topological polar surface area (TPSA) is 66.7 Å². The number of hydrogen-bond acceptors (Lipinski definition) is 3. The average molecular weight is 320 g/mol. The van der Waals surface area contributed by atoms with Gasteiger partial charge in [-0.25, -0.2) is 4.52 Å². The van der Waals surface area contributed by atoms with Crippen LogP contribution in [0.2, 0.25) is 0 Å². The van der Waals surface area contributed by atoms with Crippen molar-refractivity contribution in [1.29, 1.82) is 0 Å². The van der Waals surface area contributed by atoms with Gasteiger partial charge in [-0.2, -0.15) is 5.10 Å². The number of fused-ring (bicyclic) bond motifs is 1. The number of amides is 2. The lowest BCUT2D eigenvalue weighted by Gasteiger charge is -2.19. The third kappa shape index (κ3) is 2.42. The van der Waals surface area contributed by atoms with Gasteiger partial charge in [0.05, 0.1) is 28.7 Å². The minimum Gasteiger partial charge on any atom is -0.320 e. The largest absolute Gasteiger partial charge is 0.320 e. The van der Waals surface area contributed by atoms with Crippen molar-refractivity contribution in [2.45, 2.75) is 12.8 Å². The maximum atomic E-state index is 12.7. The molecule has 2 amide bonds. The van der Waals surface area contributed by atoms with Gasteiger partial charge in [0, 0.05) is 19.2 Å². The van der Waals surface area contributed by atoms with Crippen LogP contribution in [0.5, 0.6) is 0 Å². The Labute approximate surface area is 138 Å². The molecule has 3 aromatic rings. The summed E-state index contributed by atoms with van der Waals surface area (Å²) in [5, 5.41) is 7.10. The highest BCUT2D eigenvalue weighted by Gasteiger charge is 2.24. The first kappa shape index (κ1) is 14.4. The zero-order valence-electron chi connectivity index (χ0n) is 13.0. The smallest absolute Gasteiger partial charge is 0.259 e. The Morgan fingerprint density at radius 1 is 1.12 bits per heavy atom. The first-order valence-corrected chi connectivity index (χ1v) is 7.87. The van der Waals surface area contributed by atoms with E-state index in [-0.39, 0.29) is 11.8 Å². The van der Waals surface area contributed by atoms with E-state index in [0.717, 1.165) is 17.6 Å². The number of rotatable bonds is 3. The molecule has 0 radical (unpaired) electrons. The lowest BCUT2D eigenvalue weighted by molar-refractivity contribution is -0.117. The quantitative estimate of drug-likeness (QED) is 0.807. The summed E-state index contributed by atoms with van der Waals surface area (Å²) in [7, 11) is 0. The SMILES string of the molecule is O=C(Nc1ccccc1N1CCCC1=O)c1cnn2ccccc12. The van der Waals surface area contributed by atoms with Crippen LogP contribution in [0.1, 0.15) is 23.2 Å². The predicted octanol–water partition coefficient (Wildman–Crippen LogP) is 2.71. The monoisotopic (exact) mass is 320 g/mol. The van der Waals surface area contributed by atoms with Gasteiger partial charge in [-0.3, -0.25) is 9.59 Å². The Morgan fingerprint density at radius 3 is 2.79 bits per heavy atom. The number of nitrogens with one attached hydrogen (secondary N) is 1. The van der Waals surface area contributed by atoms with Gasteiger partial charge in [-0.15, -0.1) is 0 Å². The van der Waals surface area contributed by atoms with E-state index in [9.17, 15) is 9.59 Å². The summed E-state index contributed by atoms with van der Waals surface area (Å²) in [5.74, 6) is -0.150. The molecule has 0 spiro atoms. The first-order valence-electron chi connectivity index (χ1n) is 7.87. The van der Waals surface area contributed by atoms with Gasteiger partial charge in [0.15, 0.2) is 0 Å². The molecule has 2 aromatic heterocycles. The van der Waals surface area contributed by atoms with E-state index in [4.69, 9.17) is 0 Å². The maximum absolute atomic E-state index is 12.7. The van der Waals surface area contributed by atoms with Crippen LogP contribution in [0.4, 0.5) is 11.4 Å². The molecule has 0 aliphatic carbocycles. The Bertz CT molecular complexity index is 931. The molecule has 0 saturated carbocycles. The van der Waals surface area contributed by atoms with Crippen LogP contribution in [0.3, 0.4) is 0 Å². The molecule has 120 valence electrons. The zero-order valence-corrected chi connectivity index (χ0v) is 13.0.